The second-order valence-electron chi connectivity index (χ2n) is 4.86. The summed E-state index contributed by atoms with van der Waals surface area (Å²) in [5.74, 6) is -0.521. The summed E-state index contributed by atoms with van der Waals surface area (Å²) in [6, 6.07) is 9.65. The summed E-state index contributed by atoms with van der Waals surface area (Å²) in [6.45, 7) is -0.327. The summed E-state index contributed by atoms with van der Waals surface area (Å²) in [5.41, 5.74) is 0.265. The van der Waals surface area contributed by atoms with Crippen LogP contribution in [-0.2, 0) is 11.3 Å². The van der Waals surface area contributed by atoms with Crippen LogP contribution in [0.1, 0.15) is 0 Å². The van der Waals surface area contributed by atoms with Crippen LogP contribution in [0, 0.1) is 0 Å². The van der Waals surface area contributed by atoms with Crippen LogP contribution in [0.25, 0.3) is 10.9 Å². The van der Waals surface area contributed by atoms with Gasteiger partial charge in [0.1, 0.15) is 12.1 Å². The van der Waals surface area contributed by atoms with E-state index < -0.39 is 11.5 Å². The summed E-state index contributed by atoms with van der Waals surface area (Å²) in [7, 11) is 0. The highest BCUT2D eigenvalue weighted by Gasteiger charge is 2.14. The molecule has 0 bridgehead atoms. The van der Waals surface area contributed by atoms with Gasteiger partial charge in [-0.3, -0.25) is 9.59 Å². The molecule has 6 nitrogen and oxygen atoms in total. The third kappa shape index (κ3) is 3.36. The van der Waals surface area contributed by atoms with E-state index in [4.69, 9.17) is 34.8 Å². The third-order valence-electron chi connectivity index (χ3n) is 3.19. The highest BCUT2D eigenvalue weighted by atomic mass is 35.5. The Balaban J connectivity index is 1.86. The number of fused-ring (bicyclic) bond motifs is 1. The van der Waals surface area contributed by atoms with E-state index in [1.807, 2.05) is 0 Å². The van der Waals surface area contributed by atoms with Crippen LogP contribution < -0.4 is 10.9 Å². The number of amides is 1. The zero-order chi connectivity index (χ0) is 17.3. The maximum atomic E-state index is 12.3. The number of benzene rings is 2. The number of halogens is 3. The minimum atomic E-state index is -0.521. The molecule has 24 heavy (non-hydrogen) atoms. The quantitative estimate of drug-likeness (QED) is 0.752. The van der Waals surface area contributed by atoms with E-state index in [1.54, 1.807) is 24.3 Å². The fourth-order valence-corrected chi connectivity index (χ4v) is 3.01. The van der Waals surface area contributed by atoms with Gasteiger partial charge in [0.25, 0.3) is 5.56 Å². The number of rotatable bonds is 3. The normalized spacial score (nSPS) is 10.8. The molecule has 0 saturated carbocycles. The van der Waals surface area contributed by atoms with Gasteiger partial charge in [0, 0.05) is 5.02 Å². The number of carbonyl (C=O) groups is 1. The van der Waals surface area contributed by atoms with Crippen molar-refractivity contribution in [2.45, 2.75) is 6.54 Å². The second kappa shape index (κ2) is 6.76. The van der Waals surface area contributed by atoms with Crippen LogP contribution in [0.3, 0.4) is 0 Å². The molecule has 3 aromatic rings. The molecule has 0 spiro atoms. The maximum Gasteiger partial charge on any atom is 0.278 e. The van der Waals surface area contributed by atoms with Crippen molar-refractivity contribution in [3.8, 4) is 0 Å². The number of hydrogen-bond acceptors (Lipinski definition) is 4. The molecule has 0 saturated heterocycles. The molecule has 122 valence electrons. The van der Waals surface area contributed by atoms with Crippen molar-refractivity contribution in [2.75, 3.05) is 5.32 Å². The van der Waals surface area contributed by atoms with Crippen molar-refractivity contribution in [3.05, 3.63) is 61.8 Å². The number of nitrogens with zero attached hydrogens (tertiary/aromatic N) is 3. The summed E-state index contributed by atoms with van der Waals surface area (Å²) >= 11 is 17.8. The van der Waals surface area contributed by atoms with E-state index >= 15 is 0 Å². The van der Waals surface area contributed by atoms with Gasteiger partial charge in [-0.1, -0.05) is 52.1 Å². The lowest BCUT2D eigenvalue weighted by atomic mass is 10.2. The predicted molar refractivity (Wildman–Crippen MR) is 93.9 cm³/mol. The van der Waals surface area contributed by atoms with Crippen LogP contribution in [0.15, 0.2) is 41.2 Å². The molecule has 0 fully saturated rings. The predicted octanol–water partition coefficient (Wildman–Crippen LogP) is 3.39. The zero-order valence-electron chi connectivity index (χ0n) is 12.0. The first-order valence-corrected chi connectivity index (χ1v) is 7.86. The van der Waals surface area contributed by atoms with Gasteiger partial charge in [0.2, 0.25) is 5.91 Å². The first-order chi connectivity index (χ1) is 11.5. The summed E-state index contributed by atoms with van der Waals surface area (Å²) < 4.78 is 0.968. The van der Waals surface area contributed by atoms with Crippen LogP contribution in [-0.4, -0.2) is 20.9 Å². The summed E-state index contributed by atoms with van der Waals surface area (Å²) in [6.07, 6.45) is 0. The zero-order valence-corrected chi connectivity index (χ0v) is 14.2. The van der Waals surface area contributed by atoms with E-state index in [9.17, 15) is 9.59 Å². The van der Waals surface area contributed by atoms with Crippen LogP contribution >= 0.6 is 34.8 Å². The lowest BCUT2D eigenvalue weighted by molar-refractivity contribution is -0.117. The highest BCUT2D eigenvalue weighted by molar-refractivity contribution is 6.42. The van der Waals surface area contributed by atoms with Gasteiger partial charge >= 0.3 is 0 Å². The van der Waals surface area contributed by atoms with Crippen molar-refractivity contribution in [1.82, 2.24) is 15.0 Å². The number of carbonyl (C=O) groups excluding carboxylic acids is 1. The largest absolute Gasteiger partial charge is 0.322 e. The Morgan fingerprint density at radius 3 is 2.50 bits per heavy atom. The smallest absolute Gasteiger partial charge is 0.278 e. The van der Waals surface area contributed by atoms with Crippen LogP contribution in [0.4, 0.5) is 5.69 Å². The summed E-state index contributed by atoms with van der Waals surface area (Å²) in [4.78, 5) is 24.5. The molecule has 1 N–H and O–H groups in total. The second-order valence-corrected chi connectivity index (χ2v) is 6.11. The number of anilines is 1. The molecule has 0 aliphatic carbocycles. The molecule has 0 unspecified atom stereocenters. The molecular weight excluding hydrogens is 375 g/mol. The van der Waals surface area contributed by atoms with Gasteiger partial charge in [-0.25, -0.2) is 4.68 Å². The van der Waals surface area contributed by atoms with Gasteiger partial charge in [-0.05, 0) is 24.3 Å². The Morgan fingerprint density at radius 1 is 1.12 bits per heavy atom. The number of hydrogen-bond donors (Lipinski definition) is 1. The molecule has 0 atom stereocenters. The molecule has 1 aromatic heterocycles. The van der Waals surface area contributed by atoms with Gasteiger partial charge in [0.15, 0.2) is 0 Å². The Morgan fingerprint density at radius 2 is 1.79 bits per heavy atom. The topological polar surface area (TPSA) is 76.9 Å². The fourth-order valence-electron chi connectivity index (χ4n) is 2.10. The average molecular weight is 384 g/mol. The van der Waals surface area contributed by atoms with E-state index in [0.29, 0.717) is 15.9 Å². The van der Waals surface area contributed by atoms with Gasteiger partial charge in [-0.2, -0.15) is 0 Å². The van der Waals surface area contributed by atoms with Crippen LogP contribution in [0.2, 0.25) is 15.1 Å². The SMILES string of the molecule is O=C(Cn1nnc2ccccc2c1=O)Nc1c(Cl)cc(Cl)cc1Cl. The monoisotopic (exact) mass is 382 g/mol. The Hall–Kier alpha value is -2.15. The molecular formula is C15H9Cl3N4O2. The molecule has 9 heteroatoms. The number of nitrogens with one attached hydrogen (secondary N) is 1. The van der Waals surface area contributed by atoms with Gasteiger partial charge in [-0.15, -0.1) is 5.10 Å². The first kappa shape index (κ1) is 16.7. The van der Waals surface area contributed by atoms with Gasteiger partial charge in [0.05, 0.1) is 21.1 Å². The van der Waals surface area contributed by atoms with Gasteiger partial charge < -0.3 is 5.32 Å². The lowest BCUT2D eigenvalue weighted by Crippen LogP contribution is -2.30. The number of aromatic nitrogens is 3. The molecule has 0 radical (unpaired) electrons. The average Bonchev–Trinajstić information content (AvgIpc) is 2.54. The fraction of sp³-hybridized carbons (Fsp3) is 0.0667. The minimum Gasteiger partial charge on any atom is -0.322 e. The van der Waals surface area contributed by atoms with E-state index in [2.05, 4.69) is 15.6 Å². The molecule has 0 aliphatic rings. The third-order valence-corrected chi connectivity index (χ3v) is 4.01. The van der Waals surface area contributed by atoms with Crippen molar-refractivity contribution >= 4 is 57.3 Å². The maximum absolute atomic E-state index is 12.3. The first-order valence-electron chi connectivity index (χ1n) is 6.72. The summed E-state index contributed by atoms with van der Waals surface area (Å²) in [5, 5.41) is 11.3. The molecule has 3 rings (SSSR count). The van der Waals surface area contributed by atoms with Crippen molar-refractivity contribution in [3.63, 3.8) is 0 Å². The molecule has 2 aromatic carbocycles. The Kier molecular flexibility index (Phi) is 4.71. The van der Waals surface area contributed by atoms with E-state index in [1.165, 1.54) is 12.1 Å². The van der Waals surface area contributed by atoms with Crippen molar-refractivity contribution < 1.29 is 4.79 Å². The standard InChI is InChI=1S/C15H9Cl3N4O2/c16-8-5-10(17)14(11(18)6-8)19-13(23)7-22-15(24)9-3-1-2-4-12(9)20-21-22/h1-6H,7H2,(H,19,23). The van der Waals surface area contributed by atoms with Crippen molar-refractivity contribution in [1.29, 1.82) is 0 Å². The van der Waals surface area contributed by atoms with E-state index in [0.717, 1.165) is 4.68 Å². The lowest BCUT2D eigenvalue weighted by Gasteiger charge is -2.10. The molecule has 0 aliphatic heterocycles. The Labute approximate surface area is 150 Å². The highest BCUT2D eigenvalue weighted by Crippen LogP contribution is 2.33. The molecule has 1 heterocycles. The Bertz CT molecular complexity index is 980. The minimum absolute atomic E-state index is 0.192. The van der Waals surface area contributed by atoms with Crippen molar-refractivity contribution in [2.24, 2.45) is 0 Å². The van der Waals surface area contributed by atoms with E-state index in [-0.39, 0.29) is 22.3 Å². The van der Waals surface area contributed by atoms with Crippen LogP contribution in [0.5, 0.6) is 0 Å². The molecule has 1 amide bonds.